The van der Waals surface area contributed by atoms with Gasteiger partial charge in [-0.3, -0.25) is 0 Å². The molecule has 0 radical (unpaired) electrons. The van der Waals surface area contributed by atoms with Gasteiger partial charge in [0.1, 0.15) is 6.07 Å². The molecule has 0 aliphatic heterocycles. The van der Waals surface area contributed by atoms with Crippen molar-refractivity contribution in [1.82, 2.24) is 0 Å². The normalized spacial score (nSPS) is 10.9. The lowest BCUT2D eigenvalue weighted by molar-refractivity contribution is 0.385. The van der Waals surface area contributed by atoms with E-state index in [9.17, 15) is 0 Å². The number of rotatable bonds is 4. The van der Waals surface area contributed by atoms with Gasteiger partial charge in [0, 0.05) is 13.6 Å². The minimum absolute atomic E-state index is 0.0529. The molecule has 0 heterocycles. The van der Waals surface area contributed by atoms with Gasteiger partial charge in [0.25, 0.3) is 0 Å². The Hall–Kier alpha value is -1.53. The lowest BCUT2D eigenvalue weighted by atomic mass is 9.93. The van der Waals surface area contributed by atoms with Crippen molar-refractivity contribution in [3.05, 3.63) is 29.8 Å². The van der Waals surface area contributed by atoms with Crippen LogP contribution in [0.25, 0.3) is 0 Å². The average molecular weight is 217 g/mol. The van der Waals surface area contributed by atoms with Gasteiger partial charge in [-0.15, -0.1) is 0 Å². The summed E-state index contributed by atoms with van der Waals surface area (Å²) in [5.74, 6) is 0. The number of hydrogen-bond acceptors (Lipinski definition) is 3. The Bertz CT molecular complexity index is 390. The van der Waals surface area contributed by atoms with E-state index in [1.807, 2.05) is 31.3 Å². The van der Waals surface area contributed by atoms with E-state index < -0.39 is 0 Å². The second kappa shape index (κ2) is 5.00. The van der Waals surface area contributed by atoms with Crippen LogP contribution in [0.1, 0.15) is 19.4 Å². The minimum atomic E-state index is 0.0529. The van der Waals surface area contributed by atoms with Crippen LogP contribution in [0, 0.1) is 16.7 Å². The first-order valence-corrected chi connectivity index (χ1v) is 5.40. The highest BCUT2D eigenvalue weighted by Gasteiger charge is 2.19. The van der Waals surface area contributed by atoms with Crippen molar-refractivity contribution in [3.8, 4) is 6.07 Å². The topological polar surface area (TPSA) is 53.0 Å². The van der Waals surface area contributed by atoms with E-state index >= 15 is 0 Å². The van der Waals surface area contributed by atoms with Gasteiger partial charge in [-0.05, 0) is 24.1 Å². The third kappa shape index (κ3) is 2.98. The first kappa shape index (κ1) is 12.5. The molecular weight excluding hydrogens is 198 g/mol. The van der Waals surface area contributed by atoms with Gasteiger partial charge in [0.2, 0.25) is 0 Å². The van der Waals surface area contributed by atoms with Crippen LogP contribution in [-0.4, -0.2) is 20.1 Å². The fourth-order valence-corrected chi connectivity index (χ4v) is 1.69. The van der Waals surface area contributed by atoms with Gasteiger partial charge in [0.05, 0.1) is 11.3 Å². The molecule has 0 saturated carbocycles. The zero-order chi connectivity index (χ0) is 12.2. The Morgan fingerprint density at radius 1 is 1.38 bits per heavy atom. The summed E-state index contributed by atoms with van der Waals surface area (Å²) in [6.45, 7) is 5.71. The first-order chi connectivity index (χ1) is 7.50. The second-order valence-corrected chi connectivity index (χ2v) is 4.85. The lowest BCUT2D eigenvalue weighted by Crippen LogP contribution is -2.37. The number of anilines is 1. The van der Waals surface area contributed by atoms with Crippen LogP contribution in [0.5, 0.6) is 0 Å². The third-order valence-corrected chi connectivity index (χ3v) is 2.65. The highest BCUT2D eigenvalue weighted by Crippen LogP contribution is 2.22. The zero-order valence-corrected chi connectivity index (χ0v) is 10.2. The van der Waals surface area contributed by atoms with E-state index in [1.165, 1.54) is 0 Å². The Morgan fingerprint density at radius 3 is 2.56 bits per heavy atom. The van der Waals surface area contributed by atoms with E-state index in [1.54, 1.807) is 0 Å². The maximum Gasteiger partial charge on any atom is 0.101 e. The number of nitrogens with zero attached hydrogens (tertiary/aromatic N) is 2. The summed E-state index contributed by atoms with van der Waals surface area (Å²) in [5.41, 5.74) is 7.44. The highest BCUT2D eigenvalue weighted by molar-refractivity contribution is 5.58. The summed E-state index contributed by atoms with van der Waals surface area (Å²) in [4.78, 5) is 2.09. The zero-order valence-electron chi connectivity index (χ0n) is 10.2. The van der Waals surface area contributed by atoms with Crippen LogP contribution >= 0.6 is 0 Å². The molecular formula is C13H19N3. The Labute approximate surface area is 97.5 Å². The number of para-hydroxylation sites is 1. The Kier molecular flexibility index (Phi) is 3.92. The number of benzene rings is 1. The maximum atomic E-state index is 9.02. The van der Waals surface area contributed by atoms with Crippen LogP contribution in [0.4, 0.5) is 5.69 Å². The van der Waals surface area contributed by atoms with Crippen molar-refractivity contribution in [2.45, 2.75) is 13.8 Å². The van der Waals surface area contributed by atoms with Crippen molar-refractivity contribution in [3.63, 3.8) is 0 Å². The summed E-state index contributed by atoms with van der Waals surface area (Å²) >= 11 is 0. The van der Waals surface area contributed by atoms with E-state index in [0.29, 0.717) is 12.1 Å². The molecule has 3 heteroatoms. The predicted molar refractivity (Wildman–Crippen MR) is 67.3 cm³/mol. The van der Waals surface area contributed by atoms with Crippen molar-refractivity contribution >= 4 is 5.69 Å². The van der Waals surface area contributed by atoms with Crippen LogP contribution in [-0.2, 0) is 0 Å². The highest BCUT2D eigenvalue weighted by atomic mass is 15.1. The largest absolute Gasteiger partial charge is 0.373 e. The molecule has 0 unspecified atom stereocenters. The molecule has 0 spiro atoms. The number of nitriles is 1. The summed E-state index contributed by atoms with van der Waals surface area (Å²) < 4.78 is 0. The van der Waals surface area contributed by atoms with E-state index in [0.717, 1.165) is 12.2 Å². The van der Waals surface area contributed by atoms with Crippen molar-refractivity contribution in [2.24, 2.45) is 11.1 Å². The van der Waals surface area contributed by atoms with Crippen molar-refractivity contribution < 1.29 is 0 Å². The molecule has 1 aromatic rings. The van der Waals surface area contributed by atoms with Crippen molar-refractivity contribution in [1.29, 1.82) is 5.26 Å². The Morgan fingerprint density at radius 2 is 2.00 bits per heavy atom. The molecule has 3 nitrogen and oxygen atoms in total. The molecule has 0 aliphatic carbocycles. The monoisotopic (exact) mass is 217 g/mol. The van der Waals surface area contributed by atoms with Crippen LogP contribution in [0.2, 0.25) is 0 Å². The standard InChI is InChI=1S/C13H19N3/c1-13(2,9-15)10-16(3)12-7-5-4-6-11(12)8-14/h4-7H,9-10,15H2,1-3H3. The smallest absolute Gasteiger partial charge is 0.101 e. The van der Waals surface area contributed by atoms with Crippen molar-refractivity contribution in [2.75, 3.05) is 25.0 Å². The molecule has 0 aliphatic rings. The predicted octanol–water partition coefficient (Wildman–Crippen LogP) is 1.98. The summed E-state index contributed by atoms with van der Waals surface area (Å²) in [7, 11) is 1.99. The van der Waals surface area contributed by atoms with E-state index in [4.69, 9.17) is 11.0 Å². The summed E-state index contributed by atoms with van der Waals surface area (Å²) in [6.07, 6.45) is 0. The maximum absolute atomic E-state index is 9.02. The van der Waals surface area contributed by atoms with Gasteiger partial charge >= 0.3 is 0 Å². The molecule has 86 valence electrons. The quantitative estimate of drug-likeness (QED) is 0.839. The summed E-state index contributed by atoms with van der Waals surface area (Å²) in [5, 5.41) is 9.02. The number of nitrogens with two attached hydrogens (primary N) is 1. The third-order valence-electron chi connectivity index (χ3n) is 2.65. The fraction of sp³-hybridized carbons (Fsp3) is 0.462. The van der Waals surface area contributed by atoms with Gasteiger partial charge in [-0.1, -0.05) is 26.0 Å². The Balaban J connectivity index is 2.89. The average Bonchev–Trinajstić information content (AvgIpc) is 2.28. The van der Waals surface area contributed by atoms with Gasteiger partial charge < -0.3 is 10.6 Å². The molecule has 0 aromatic heterocycles. The SMILES string of the molecule is CN(CC(C)(C)CN)c1ccccc1C#N. The number of hydrogen-bond donors (Lipinski definition) is 1. The molecule has 1 aromatic carbocycles. The molecule has 0 fully saturated rings. The first-order valence-electron chi connectivity index (χ1n) is 5.40. The van der Waals surface area contributed by atoms with Crippen LogP contribution in [0.15, 0.2) is 24.3 Å². The van der Waals surface area contributed by atoms with E-state index in [2.05, 4.69) is 24.8 Å². The molecule has 0 amide bonds. The van der Waals surface area contributed by atoms with Gasteiger partial charge in [-0.25, -0.2) is 0 Å². The van der Waals surface area contributed by atoms with Gasteiger partial charge in [-0.2, -0.15) is 5.26 Å². The minimum Gasteiger partial charge on any atom is -0.373 e. The molecule has 0 saturated heterocycles. The van der Waals surface area contributed by atoms with Crippen LogP contribution < -0.4 is 10.6 Å². The second-order valence-electron chi connectivity index (χ2n) is 4.85. The van der Waals surface area contributed by atoms with Gasteiger partial charge in [0.15, 0.2) is 0 Å². The molecule has 1 rings (SSSR count). The van der Waals surface area contributed by atoms with Crippen LogP contribution in [0.3, 0.4) is 0 Å². The molecule has 0 atom stereocenters. The molecule has 2 N–H and O–H groups in total. The molecule has 0 bridgehead atoms. The van der Waals surface area contributed by atoms with E-state index in [-0.39, 0.29) is 5.41 Å². The lowest BCUT2D eigenvalue weighted by Gasteiger charge is -2.30. The fourth-order valence-electron chi connectivity index (χ4n) is 1.69. The summed E-state index contributed by atoms with van der Waals surface area (Å²) in [6, 6.07) is 9.83. The molecule has 16 heavy (non-hydrogen) atoms.